The van der Waals surface area contributed by atoms with Gasteiger partial charge in [0.15, 0.2) is 0 Å². The lowest BCUT2D eigenvalue weighted by molar-refractivity contribution is 0.0127. The lowest BCUT2D eigenvalue weighted by atomic mass is 10.1. The number of hydrogen-bond donors (Lipinski definition) is 1. The summed E-state index contributed by atoms with van der Waals surface area (Å²) in [6.45, 7) is 6.61. The zero-order valence-electron chi connectivity index (χ0n) is 13.3. The number of likely N-dealkylation sites (tertiary alicyclic amines) is 1. The van der Waals surface area contributed by atoms with Gasteiger partial charge in [0, 0.05) is 20.2 Å². The van der Waals surface area contributed by atoms with Crippen LogP contribution in [0.3, 0.4) is 0 Å². The maximum Gasteiger partial charge on any atom is 0.119 e. The van der Waals surface area contributed by atoms with E-state index in [1.807, 2.05) is 38.1 Å². The van der Waals surface area contributed by atoms with E-state index in [4.69, 9.17) is 9.47 Å². The molecule has 1 heterocycles. The van der Waals surface area contributed by atoms with E-state index in [0.29, 0.717) is 12.6 Å². The summed E-state index contributed by atoms with van der Waals surface area (Å²) in [7, 11) is 1.76. The minimum atomic E-state index is -0.464. The third-order valence-corrected chi connectivity index (χ3v) is 3.86. The molecule has 4 nitrogen and oxygen atoms in total. The van der Waals surface area contributed by atoms with Crippen molar-refractivity contribution in [2.75, 3.05) is 26.7 Å². The second-order valence-electron chi connectivity index (χ2n) is 6.01. The molecule has 0 aromatic heterocycles. The van der Waals surface area contributed by atoms with Crippen LogP contribution < -0.4 is 4.74 Å². The molecule has 0 aliphatic carbocycles. The van der Waals surface area contributed by atoms with Crippen molar-refractivity contribution in [3.8, 4) is 5.75 Å². The average molecular weight is 293 g/mol. The Bertz CT molecular complexity index is 419. The maximum atomic E-state index is 10.4. The molecule has 1 aliphatic heterocycles. The van der Waals surface area contributed by atoms with E-state index in [2.05, 4.69) is 4.90 Å². The van der Waals surface area contributed by atoms with Crippen LogP contribution in [0.1, 0.15) is 38.4 Å². The minimum absolute atomic E-state index is 0.167. The van der Waals surface area contributed by atoms with Crippen LogP contribution in [0.5, 0.6) is 5.75 Å². The molecule has 0 radical (unpaired) electrons. The Labute approximate surface area is 127 Å². The standard InChI is InChI=1S/C17H27NO3/c1-13(2)21-15-8-6-14(7-9-15)17(19)12-18-10-4-5-16(11-18)20-3/h6-9,13,16-17,19H,4-5,10-12H2,1-3H3. The van der Waals surface area contributed by atoms with E-state index in [0.717, 1.165) is 37.2 Å². The molecule has 0 spiro atoms. The van der Waals surface area contributed by atoms with Crippen LogP contribution in [0.25, 0.3) is 0 Å². The Kier molecular flexibility index (Phi) is 6.03. The summed E-state index contributed by atoms with van der Waals surface area (Å²) in [6, 6.07) is 7.74. The van der Waals surface area contributed by atoms with Gasteiger partial charge < -0.3 is 14.6 Å². The van der Waals surface area contributed by atoms with Crippen LogP contribution in [0.15, 0.2) is 24.3 Å². The van der Waals surface area contributed by atoms with Crippen molar-refractivity contribution in [2.24, 2.45) is 0 Å². The van der Waals surface area contributed by atoms with Crippen molar-refractivity contribution >= 4 is 0 Å². The fourth-order valence-corrected chi connectivity index (χ4v) is 2.76. The second kappa shape index (κ2) is 7.78. The first-order chi connectivity index (χ1) is 10.1. The molecule has 1 saturated heterocycles. The molecule has 21 heavy (non-hydrogen) atoms. The van der Waals surface area contributed by atoms with E-state index < -0.39 is 6.10 Å². The Morgan fingerprint density at radius 1 is 1.29 bits per heavy atom. The smallest absolute Gasteiger partial charge is 0.119 e. The number of benzene rings is 1. The minimum Gasteiger partial charge on any atom is -0.491 e. The largest absolute Gasteiger partial charge is 0.491 e. The molecule has 0 bridgehead atoms. The molecule has 0 amide bonds. The summed E-state index contributed by atoms with van der Waals surface area (Å²) in [5.41, 5.74) is 0.936. The highest BCUT2D eigenvalue weighted by atomic mass is 16.5. The maximum absolute atomic E-state index is 10.4. The molecule has 2 rings (SSSR count). The summed E-state index contributed by atoms with van der Waals surface area (Å²) >= 11 is 0. The fraction of sp³-hybridized carbons (Fsp3) is 0.647. The van der Waals surface area contributed by atoms with Crippen molar-refractivity contribution in [3.63, 3.8) is 0 Å². The SMILES string of the molecule is COC1CCCN(CC(O)c2ccc(OC(C)C)cc2)C1. The van der Waals surface area contributed by atoms with Crippen molar-refractivity contribution < 1.29 is 14.6 Å². The predicted octanol–water partition coefficient (Wildman–Crippen LogP) is 2.62. The van der Waals surface area contributed by atoms with Gasteiger partial charge >= 0.3 is 0 Å². The summed E-state index contributed by atoms with van der Waals surface area (Å²) < 4.78 is 11.0. The average Bonchev–Trinajstić information content (AvgIpc) is 2.47. The van der Waals surface area contributed by atoms with Gasteiger partial charge in [0.25, 0.3) is 0 Å². The summed E-state index contributed by atoms with van der Waals surface area (Å²) in [5, 5.41) is 10.4. The number of rotatable bonds is 6. The third-order valence-electron chi connectivity index (χ3n) is 3.86. The molecule has 1 aliphatic rings. The zero-order chi connectivity index (χ0) is 15.2. The molecular formula is C17H27NO3. The molecule has 118 valence electrons. The number of nitrogens with zero attached hydrogens (tertiary/aromatic N) is 1. The van der Waals surface area contributed by atoms with Crippen molar-refractivity contribution in [3.05, 3.63) is 29.8 Å². The van der Waals surface area contributed by atoms with E-state index in [9.17, 15) is 5.11 Å². The van der Waals surface area contributed by atoms with Crippen molar-refractivity contribution in [1.82, 2.24) is 4.90 Å². The van der Waals surface area contributed by atoms with E-state index in [1.54, 1.807) is 7.11 Å². The number of β-amino-alcohol motifs (C(OH)–C–C–N with tert-alkyl or cyclic N) is 1. The predicted molar refractivity (Wildman–Crippen MR) is 83.6 cm³/mol. The van der Waals surface area contributed by atoms with Gasteiger partial charge in [-0.15, -0.1) is 0 Å². The first-order valence-corrected chi connectivity index (χ1v) is 7.78. The first kappa shape index (κ1) is 16.3. The van der Waals surface area contributed by atoms with Crippen LogP contribution in [-0.4, -0.2) is 49.0 Å². The number of piperidine rings is 1. The Balaban J connectivity index is 1.89. The van der Waals surface area contributed by atoms with Crippen LogP contribution in [0, 0.1) is 0 Å². The lowest BCUT2D eigenvalue weighted by Gasteiger charge is -2.33. The number of methoxy groups -OCH3 is 1. The van der Waals surface area contributed by atoms with Gasteiger partial charge in [-0.2, -0.15) is 0 Å². The molecule has 2 unspecified atom stereocenters. The Morgan fingerprint density at radius 3 is 2.62 bits per heavy atom. The Hall–Kier alpha value is -1.10. The molecule has 1 N–H and O–H groups in total. The highest BCUT2D eigenvalue weighted by Gasteiger charge is 2.21. The normalized spacial score (nSPS) is 21.5. The molecule has 2 atom stereocenters. The fourth-order valence-electron chi connectivity index (χ4n) is 2.76. The van der Waals surface area contributed by atoms with Gasteiger partial charge in [-0.25, -0.2) is 0 Å². The van der Waals surface area contributed by atoms with Gasteiger partial charge in [-0.05, 0) is 50.9 Å². The monoisotopic (exact) mass is 293 g/mol. The molecule has 1 aromatic carbocycles. The zero-order valence-corrected chi connectivity index (χ0v) is 13.3. The molecule has 4 heteroatoms. The number of aliphatic hydroxyl groups excluding tert-OH is 1. The summed E-state index contributed by atoms with van der Waals surface area (Å²) in [4.78, 5) is 2.28. The van der Waals surface area contributed by atoms with E-state index in [1.165, 1.54) is 0 Å². The van der Waals surface area contributed by atoms with Gasteiger partial charge in [0.2, 0.25) is 0 Å². The lowest BCUT2D eigenvalue weighted by Crippen LogP contribution is -2.41. The highest BCUT2D eigenvalue weighted by Crippen LogP contribution is 2.21. The van der Waals surface area contributed by atoms with Crippen LogP contribution in [0.4, 0.5) is 0 Å². The van der Waals surface area contributed by atoms with Gasteiger partial charge in [0.1, 0.15) is 5.75 Å². The highest BCUT2D eigenvalue weighted by molar-refractivity contribution is 5.28. The number of aliphatic hydroxyl groups is 1. The van der Waals surface area contributed by atoms with Crippen LogP contribution in [-0.2, 0) is 4.74 Å². The molecule has 1 fully saturated rings. The second-order valence-corrected chi connectivity index (χ2v) is 6.01. The van der Waals surface area contributed by atoms with Crippen LogP contribution >= 0.6 is 0 Å². The summed E-state index contributed by atoms with van der Waals surface area (Å²) in [5.74, 6) is 0.846. The topological polar surface area (TPSA) is 41.9 Å². The van der Waals surface area contributed by atoms with Crippen molar-refractivity contribution in [1.29, 1.82) is 0 Å². The van der Waals surface area contributed by atoms with Crippen molar-refractivity contribution in [2.45, 2.75) is 45.0 Å². The van der Waals surface area contributed by atoms with Crippen LogP contribution in [0.2, 0.25) is 0 Å². The van der Waals surface area contributed by atoms with E-state index in [-0.39, 0.29) is 6.10 Å². The first-order valence-electron chi connectivity index (χ1n) is 7.78. The quantitative estimate of drug-likeness (QED) is 0.875. The van der Waals surface area contributed by atoms with Gasteiger partial charge in [-0.3, -0.25) is 4.90 Å². The summed E-state index contributed by atoms with van der Waals surface area (Å²) in [6.07, 6.45) is 2.25. The molecule has 0 saturated carbocycles. The molecule has 1 aromatic rings. The van der Waals surface area contributed by atoms with Gasteiger partial charge in [0.05, 0.1) is 18.3 Å². The molecular weight excluding hydrogens is 266 g/mol. The van der Waals surface area contributed by atoms with E-state index >= 15 is 0 Å². The number of ether oxygens (including phenoxy) is 2. The number of hydrogen-bond acceptors (Lipinski definition) is 4. The Morgan fingerprint density at radius 2 is 2.00 bits per heavy atom. The third kappa shape index (κ3) is 4.99. The van der Waals surface area contributed by atoms with Gasteiger partial charge in [-0.1, -0.05) is 12.1 Å².